The Labute approximate surface area is 121 Å². The van der Waals surface area contributed by atoms with E-state index in [4.69, 9.17) is 5.11 Å². The van der Waals surface area contributed by atoms with Crippen molar-refractivity contribution in [3.8, 4) is 0 Å². The maximum absolute atomic E-state index is 8.69. The summed E-state index contributed by atoms with van der Waals surface area (Å²) in [6.45, 7) is 1.78. The summed E-state index contributed by atoms with van der Waals surface area (Å²) in [6.07, 6.45) is 7.34. The molecule has 0 saturated heterocycles. The van der Waals surface area contributed by atoms with Gasteiger partial charge in [0.2, 0.25) is 0 Å². The van der Waals surface area contributed by atoms with E-state index in [1.807, 2.05) is 24.9 Å². The van der Waals surface area contributed by atoms with Gasteiger partial charge in [-0.1, -0.05) is 42.0 Å². The van der Waals surface area contributed by atoms with Crippen LogP contribution in [0.3, 0.4) is 0 Å². The molecule has 2 nitrogen and oxygen atoms in total. The van der Waals surface area contributed by atoms with Crippen LogP contribution in [0, 0.1) is 0 Å². The van der Waals surface area contributed by atoms with E-state index in [9.17, 15) is 0 Å². The first-order valence-corrected chi connectivity index (χ1v) is 8.06. The van der Waals surface area contributed by atoms with Crippen LogP contribution >= 0.6 is 11.8 Å². The van der Waals surface area contributed by atoms with Crippen LogP contribution in [0.15, 0.2) is 42.0 Å². The first-order chi connectivity index (χ1) is 9.15. The first-order valence-electron chi connectivity index (χ1n) is 6.77. The number of allylic oxidation sites excluding steroid dienone is 1. The quantitative estimate of drug-likeness (QED) is 0.641. The highest BCUT2D eigenvalue weighted by atomic mass is 32.2. The summed E-state index contributed by atoms with van der Waals surface area (Å²) >= 11 is 1.85. The van der Waals surface area contributed by atoms with Gasteiger partial charge in [-0.15, -0.1) is 11.8 Å². The molecule has 1 fully saturated rings. The summed E-state index contributed by atoms with van der Waals surface area (Å²) in [4.78, 5) is 0. The minimum atomic E-state index is -0.225. The Morgan fingerprint density at radius 2 is 1.95 bits per heavy atom. The Morgan fingerprint density at radius 1 is 1.32 bits per heavy atom. The molecule has 0 radical (unpaired) electrons. The van der Waals surface area contributed by atoms with E-state index in [-0.39, 0.29) is 6.10 Å². The smallest absolute Gasteiger partial charge is 0.0695 e. The van der Waals surface area contributed by atoms with Crippen molar-refractivity contribution < 1.29 is 5.11 Å². The van der Waals surface area contributed by atoms with Crippen molar-refractivity contribution in [2.75, 3.05) is 13.3 Å². The van der Waals surface area contributed by atoms with Gasteiger partial charge in [-0.3, -0.25) is 0 Å². The second-order valence-electron chi connectivity index (χ2n) is 4.77. The highest BCUT2D eigenvalue weighted by Crippen LogP contribution is 2.27. The third-order valence-electron chi connectivity index (χ3n) is 2.89. The largest absolute Gasteiger partial charge is 0.389 e. The van der Waals surface area contributed by atoms with Crippen molar-refractivity contribution in [2.24, 2.45) is 0 Å². The maximum Gasteiger partial charge on any atom is 0.0695 e. The number of nitrogens with one attached hydrogen (secondary N) is 1. The molecule has 1 saturated carbocycles. The number of thioether (sulfide) groups is 1. The molecule has 1 aromatic rings. The van der Waals surface area contributed by atoms with Crippen molar-refractivity contribution in [2.45, 2.75) is 37.7 Å². The van der Waals surface area contributed by atoms with Crippen molar-refractivity contribution in [3.05, 3.63) is 47.5 Å². The lowest BCUT2D eigenvalue weighted by atomic mass is 10.1. The van der Waals surface area contributed by atoms with E-state index in [2.05, 4.69) is 41.9 Å². The molecular weight excluding hydrogens is 254 g/mol. The average molecular weight is 279 g/mol. The Hall–Kier alpha value is -0.770. The Balaban J connectivity index is 0.000000218. The second kappa shape index (κ2) is 9.18. The fraction of sp³-hybridized carbons (Fsp3) is 0.500. The number of hydrogen-bond acceptors (Lipinski definition) is 3. The van der Waals surface area contributed by atoms with Gasteiger partial charge < -0.3 is 10.4 Å². The van der Waals surface area contributed by atoms with Crippen molar-refractivity contribution in [1.29, 1.82) is 0 Å². The number of benzene rings is 1. The molecule has 1 aliphatic rings. The van der Waals surface area contributed by atoms with Gasteiger partial charge in [0.1, 0.15) is 0 Å². The standard InChI is InChI=1S/C10H15NS.C6H10O/c1-11-10(12-2)8-9-6-4-3-5-7-9;1-5(7)4-6-2-3-6/h3-7,10-11H,8H2,1-2H3;4-5,7H,2-3H2,1H3. The molecule has 1 aromatic carbocycles. The zero-order valence-corrected chi connectivity index (χ0v) is 12.9. The predicted molar refractivity (Wildman–Crippen MR) is 85.5 cm³/mol. The highest BCUT2D eigenvalue weighted by molar-refractivity contribution is 7.99. The van der Waals surface area contributed by atoms with Gasteiger partial charge in [-0.05, 0) is 45.1 Å². The zero-order valence-electron chi connectivity index (χ0n) is 12.1. The molecule has 0 amide bonds. The molecule has 0 aromatic heterocycles. The number of likely N-dealkylation sites (N-methyl/N-ethyl adjacent to an activating group) is 1. The van der Waals surface area contributed by atoms with Crippen molar-refractivity contribution in [3.63, 3.8) is 0 Å². The molecule has 0 spiro atoms. The summed E-state index contributed by atoms with van der Waals surface area (Å²) < 4.78 is 0. The summed E-state index contributed by atoms with van der Waals surface area (Å²) in [5.41, 5.74) is 2.81. The van der Waals surface area contributed by atoms with Crippen LogP contribution in [0.5, 0.6) is 0 Å². The lowest BCUT2D eigenvalue weighted by molar-refractivity contribution is 0.244. The molecule has 106 valence electrons. The maximum atomic E-state index is 8.69. The summed E-state index contributed by atoms with van der Waals surface area (Å²) in [5, 5.41) is 12.5. The summed E-state index contributed by atoms with van der Waals surface area (Å²) in [5.74, 6) is 0. The van der Waals surface area contributed by atoms with Gasteiger partial charge in [-0.2, -0.15) is 0 Å². The normalized spacial score (nSPS) is 16.1. The molecule has 19 heavy (non-hydrogen) atoms. The fourth-order valence-corrected chi connectivity index (χ4v) is 2.31. The van der Waals surface area contributed by atoms with Gasteiger partial charge in [0.25, 0.3) is 0 Å². The second-order valence-corrected chi connectivity index (χ2v) is 5.81. The van der Waals surface area contributed by atoms with Crippen LogP contribution in [0.1, 0.15) is 25.3 Å². The van der Waals surface area contributed by atoms with Crippen LogP contribution in [-0.4, -0.2) is 29.9 Å². The van der Waals surface area contributed by atoms with Gasteiger partial charge in [0.05, 0.1) is 11.5 Å². The van der Waals surface area contributed by atoms with Gasteiger partial charge in [0, 0.05) is 0 Å². The number of hydrogen-bond donors (Lipinski definition) is 2. The molecule has 2 atom stereocenters. The molecule has 2 N–H and O–H groups in total. The molecule has 3 heteroatoms. The van der Waals surface area contributed by atoms with Crippen molar-refractivity contribution >= 4 is 11.8 Å². The highest BCUT2D eigenvalue weighted by Gasteiger charge is 2.10. The summed E-state index contributed by atoms with van der Waals surface area (Å²) in [7, 11) is 2.00. The minimum absolute atomic E-state index is 0.225. The topological polar surface area (TPSA) is 32.3 Å². The van der Waals surface area contributed by atoms with Crippen LogP contribution in [0.25, 0.3) is 0 Å². The first kappa shape index (κ1) is 16.3. The third kappa shape index (κ3) is 8.09. The predicted octanol–water partition coefficient (Wildman–Crippen LogP) is 3.23. The lowest BCUT2D eigenvalue weighted by Gasteiger charge is -2.12. The molecule has 2 unspecified atom stereocenters. The van der Waals surface area contributed by atoms with Crippen LogP contribution in [-0.2, 0) is 6.42 Å². The van der Waals surface area contributed by atoms with E-state index < -0.39 is 0 Å². The molecule has 2 rings (SSSR count). The van der Waals surface area contributed by atoms with E-state index in [1.165, 1.54) is 24.0 Å². The Kier molecular flexibility index (Phi) is 7.87. The molecular formula is C16H25NOS. The summed E-state index contributed by atoms with van der Waals surface area (Å²) in [6, 6.07) is 10.6. The third-order valence-corrected chi connectivity index (χ3v) is 3.86. The fourth-order valence-electron chi connectivity index (χ4n) is 1.71. The van der Waals surface area contributed by atoms with E-state index >= 15 is 0 Å². The van der Waals surface area contributed by atoms with E-state index in [1.54, 1.807) is 6.92 Å². The van der Waals surface area contributed by atoms with Crippen LogP contribution < -0.4 is 5.32 Å². The van der Waals surface area contributed by atoms with Gasteiger partial charge in [-0.25, -0.2) is 0 Å². The minimum Gasteiger partial charge on any atom is -0.389 e. The molecule has 0 bridgehead atoms. The Bertz CT molecular complexity index is 366. The SMILES string of the molecule is CC(O)C=C1CC1.CNC(Cc1ccccc1)SC. The molecule has 1 aliphatic carbocycles. The average Bonchev–Trinajstić information content (AvgIpc) is 3.21. The monoisotopic (exact) mass is 279 g/mol. The Morgan fingerprint density at radius 3 is 2.32 bits per heavy atom. The number of aliphatic hydroxyl groups is 1. The number of aliphatic hydroxyl groups excluding tert-OH is 1. The van der Waals surface area contributed by atoms with E-state index in [0.29, 0.717) is 5.37 Å². The number of rotatable bonds is 5. The van der Waals surface area contributed by atoms with Crippen LogP contribution in [0.2, 0.25) is 0 Å². The lowest BCUT2D eigenvalue weighted by Crippen LogP contribution is -2.23. The van der Waals surface area contributed by atoms with Crippen molar-refractivity contribution in [1.82, 2.24) is 5.32 Å². The molecule has 0 heterocycles. The van der Waals surface area contributed by atoms with E-state index in [0.717, 1.165) is 6.42 Å². The zero-order chi connectivity index (χ0) is 14.1. The van der Waals surface area contributed by atoms with Gasteiger partial charge in [0.15, 0.2) is 0 Å². The van der Waals surface area contributed by atoms with Crippen LogP contribution in [0.4, 0.5) is 0 Å². The molecule has 0 aliphatic heterocycles. The van der Waals surface area contributed by atoms with Gasteiger partial charge >= 0.3 is 0 Å².